The van der Waals surface area contributed by atoms with Gasteiger partial charge in [0.05, 0.1) is 30.1 Å². The maximum atomic E-state index is 11.4. The topological polar surface area (TPSA) is 63.9 Å². The lowest BCUT2D eigenvalue weighted by Crippen LogP contribution is -2.26. The van der Waals surface area contributed by atoms with E-state index in [0.29, 0.717) is 5.92 Å². The number of imidazole rings is 1. The quantitative estimate of drug-likeness (QED) is 0.852. The molecule has 1 atom stereocenters. The average Bonchev–Trinajstić information content (AvgIpc) is 3.08. The Bertz CT molecular complexity index is 651. The summed E-state index contributed by atoms with van der Waals surface area (Å²) in [6, 6.07) is 0. The van der Waals surface area contributed by atoms with Crippen LogP contribution < -0.4 is 0 Å². The fourth-order valence-electron chi connectivity index (χ4n) is 2.81. The maximum Gasteiger partial charge on any atom is 0.219 e. The van der Waals surface area contributed by atoms with Gasteiger partial charge in [0.15, 0.2) is 0 Å². The molecule has 0 spiro atoms. The fraction of sp³-hybridized carbons (Fsp3) is 0.467. The molecule has 1 amide bonds. The molecule has 1 fully saturated rings. The maximum absolute atomic E-state index is 11.4. The molecule has 110 valence electrons. The van der Waals surface area contributed by atoms with Crippen molar-refractivity contribution >= 4 is 5.91 Å². The highest BCUT2D eigenvalue weighted by Crippen LogP contribution is 2.21. The van der Waals surface area contributed by atoms with E-state index in [0.717, 1.165) is 43.0 Å². The Kier molecular flexibility index (Phi) is 3.68. The third-order valence-corrected chi connectivity index (χ3v) is 3.99. The van der Waals surface area contributed by atoms with Gasteiger partial charge in [-0.05, 0) is 18.8 Å². The fourth-order valence-corrected chi connectivity index (χ4v) is 2.81. The van der Waals surface area contributed by atoms with E-state index < -0.39 is 0 Å². The summed E-state index contributed by atoms with van der Waals surface area (Å²) in [5, 5.41) is 0. The minimum atomic E-state index is 0.159. The second-order valence-corrected chi connectivity index (χ2v) is 5.61. The number of amides is 1. The molecule has 21 heavy (non-hydrogen) atoms. The van der Waals surface area contributed by atoms with E-state index >= 15 is 0 Å². The van der Waals surface area contributed by atoms with E-state index in [9.17, 15) is 4.79 Å². The zero-order valence-electron chi connectivity index (χ0n) is 12.4. The van der Waals surface area contributed by atoms with Crippen molar-refractivity contribution in [3.8, 4) is 11.4 Å². The summed E-state index contributed by atoms with van der Waals surface area (Å²) in [4.78, 5) is 26.4. The number of rotatable bonds is 3. The van der Waals surface area contributed by atoms with Crippen LogP contribution in [-0.2, 0) is 18.3 Å². The third kappa shape index (κ3) is 2.94. The number of likely N-dealkylation sites (tertiary alicyclic amines) is 1. The molecule has 6 nitrogen and oxygen atoms in total. The second kappa shape index (κ2) is 5.63. The molecule has 2 aromatic rings. The minimum Gasteiger partial charge on any atom is -0.343 e. The Labute approximate surface area is 123 Å². The van der Waals surface area contributed by atoms with Gasteiger partial charge in [0.1, 0.15) is 5.69 Å². The predicted molar refractivity (Wildman–Crippen MR) is 78.3 cm³/mol. The van der Waals surface area contributed by atoms with E-state index in [1.165, 1.54) is 0 Å². The molecule has 0 aliphatic carbocycles. The van der Waals surface area contributed by atoms with Crippen LogP contribution in [0.2, 0.25) is 0 Å². The summed E-state index contributed by atoms with van der Waals surface area (Å²) < 4.78 is 1.93. The zero-order valence-corrected chi connectivity index (χ0v) is 12.4. The Morgan fingerprint density at radius 3 is 2.86 bits per heavy atom. The van der Waals surface area contributed by atoms with E-state index in [1.54, 1.807) is 25.6 Å². The number of hydrogen-bond donors (Lipinski definition) is 0. The van der Waals surface area contributed by atoms with Crippen LogP contribution in [0.1, 0.15) is 19.0 Å². The molecule has 6 heteroatoms. The highest BCUT2D eigenvalue weighted by atomic mass is 16.2. The van der Waals surface area contributed by atoms with Gasteiger partial charge in [-0.2, -0.15) is 0 Å². The first-order chi connectivity index (χ1) is 10.1. The van der Waals surface area contributed by atoms with Crippen molar-refractivity contribution in [1.29, 1.82) is 0 Å². The molecule has 1 saturated heterocycles. The van der Waals surface area contributed by atoms with Crippen molar-refractivity contribution in [3.05, 3.63) is 30.6 Å². The summed E-state index contributed by atoms with van der Waals surface area (Å²) in [5.41, 5.74) is 2.78. The molecule has 1 aliphatic heterocycles. The molecule has 0 aromatic carbocycles. The first-order valence-corrected chi connectivity index (χ1v) is 7.16. The van der Waals surface area contributed by atoms with E-state index in [1.807, 2.05) is 22.7 Å². The van der Waals surface area contributed by atoms with E-state index in [2.05, 4.69) is 15.0 Å². The first-order valence-electron chi connectivity index (χ1n) is 7.16. The van der Waals surface area contributed by atoms with Crippen molar-refractivity contribution in [3.63, 3.8) is 0 Å². The molecule has 0 bridgehead atoms. The van der Waals surface area contributed by atoms with E-state index in [-0.39, 0.29) is 5.91 Å². The van der Waals surface area contributed by atoms with Crippen molar-refractivity contribution < 1.29 is 4.79 Å². The van der Waals surface area contributed by atoms with Crippen LogP contribution in [0.15, 0.2) is 24.9 Å². The number of aryl methyl sites for hydroxylation is 1. The lowest BCUT2D eigenvalue weighted by Gasteiger charge is -2.13. The van der Waals surface area contributed by atoms with Gasteiger partial charge < -0.3 is 9.47 Å². The summed E-state index contributed by atoms with van der Waals surface area (Å²) in [5.74, 6) is 0.636. The van der Waals surface area contributed by atoms with Crippen LogP contribution in [0.25, 0.3) is 11.4 Å². The Balaban J connectivity index is 1.73. The lowest BCUT2D eigenvalue weighted by atomic mass is 10.0. The SMILES string of the molecule is CC(=O)N1CCC(Cc2cncc(-c3cncn3C)n2)C1. The molecular weight excluding hydrogens is 266 g/mol. The van der Waals surface area contributed by atoms with Gasteiger partial charge in [-0.15, -0.1) is 0 Å². The monoisotopic (exact) mass is 285 g/mol. The van der Waals surface area contributed by atoms with Crippen molar-refractivity contribution in [2.24, 2.45) is 13.0 Å². The van der Waals surface area contributed by atoms with Gasteiger partial charge in [0.25, 0.3) is 0 Å². The highest BCUT2D eigenvalue weighted by molar-refractivity contribution is 5.73. The van der Waals surface area contributed by atoms with Crippen molar-refractivity contribution in [2.45, 2.75) is 19.8 Å². The highest BCUT2D eigenvalue weighted by Gasteiger charge is 2.24. The first kappa shape index (κ1) is 13.7. The van der Waals surface area contributed by atoms with Crippen LogP contribution in [0, 0.1) is 5.92 Å². The largest absolute Gasteiger partial charge is 0.343 e. The minimum absolute atomic E-state index is 0.159. The number of hydrogen-bond acceptors (Lipinski definition) is 4. The summed E-state index contributed by atoms with van der Waals surface area (Å²) >= 11 is 0. The molecule has 3 heterocycles. The van der Waals surface area contributed by atoms with Crippen LogP contribution in [0.4, 0.5) is 0 Å². The van der Waals surface area contributed by atoms with Gasteiger partial charge in [-0.25, -0.2) is 9.97 Å². The van der Waals surface area contributed by atoms with E-state index in [4.69, 9.17) is 0 Å². The molecule has 2 aromatic heterocycles. The van der Waals surface area contributed by atoms with Gasteiger partial charge in [0.2, 0.25) is 5.91 Å². The van der Waals surface area contributed by atoms with Gasteiger partial charge >= 0.3 is 0 Å². The molecule has 1 unspecified atom stereocenters. The molecular formula is C15H19N5O. The molecule has 0 N–H and O–H groups in total. The van der Waals surface area contributed by atoms with Gasteiger partial charge in [0, 0.05) is 33.3 Å². The van der Waals surface area contributed by atoms with Crippen LogP contribution in [0.3, 0.4) is 0 Å². The van der Waals surface area contributed by atoms with Gasteiger partial charge in [-0.3, -0.25) is 9.78 Å². The number of nitrogens with zero attached hydrogens (tertiary/aromatic N) is 5. The number of aromatic nitrogens is 4. The Hall–Kier alpha value is -2.24. The van der Waals surface area contributed by atoms with Crippen LogP contribution in [-0.4, -0.2) is 43.4 Å². The summed E-state index contributed by atoms with van der Waals surface area (Å²) in [6.07, 6.45) is 9.03. The normalized spacial score (nSPS) is 18.2. The van der Waals surface area contributed by atoms with Crippen molar-refractivity contribution in [1.82, 2.24) is 24.4 Å². The third-order valence-electron chi connectivity index (χ3n) is 3.99. The number of carbonyl (C=O) groups excluding carboxylic acids is 1. The average molecular weight is 285 g/mol. The Morgan fingerprint density at radius 1 is 1.33 bits per heavy atom. The number of carbonyl (C=O) groups is 1. The summed E-state index contributed by atoms with van der Waals surface area (Å²) in [6.45, 7) is 3.31. The van der Waals surface area contributed by atoms with Crippen LogP contribution in [0.5, 0.6) is 0 Å². The van der Waals surface area contributed by atoms with Gasteiger partial charge in [-0.1, -0.05) is 0 Å². The molecule has 0 radical (unpaired) electrons. The smallest absolute Gasteiger partial charge is 0.219 e. The zero-order chi connectivity index (χ0) is 14.8. The van der Waals surface area contributed by atoms with Crippen molar-refractivity contribution in [2.75, 3.05) is 13.1 Å². The predicted octanol–water partition coefficient (Wildman–Crippen LogP) is 1.29. The summed E-state index contributed by atoms with van der Waals surface area (Å²) in [7, 11) is 1.94. The molecule has 0 saturated carbocycles. The van der Waals surface area contributed by atoms with Crippen LogP contribution >= 0.6 is 0 Å². The molecule has 3 rings (SSSR count). The second-order valence-electron chi connectivity index (χ2n) is 5.61. The standard InChI is InChI=1S/C15H19N5O/c1-11(21)20-4-3-12(9-20)5-13-6-16-7-14(18-13)15-8-17-10-19(15)2/h6-8,10,12H,3-5,9H2,1-2H3. The molecule has 1 aliphatic rings. The Morgan fingerprint density at radius 2 is 2.19 bits per heavy atom. The lowest BCUT2D eigenvalue weighted by molar-refractivity contribution is -0.127.